The lowest BCUT2D eigenvalue weighted by atomic mass is 10.0. The Kier molecular flexibility index (Phi) is 2.46. The van der Waals surface area contributed by atoms with Gasteiger partial charge in [0.25, 0.3) is 0 Å². The van der Waals surface area contributed by atoms with E-state index in [2.05, 4.69) is 11.2 Å². The Hall–Kier alpha value is -2.16. The van der Waals surface area contributed by atoms with Crippen molar-refractivity contribution in [3.63, 3.8) is 0 Å². The molecule has 1 aromatic carbocycles. The highest BCUT2D eigenvalue weighted by Gasteiger charge is 2.09. The van der Waals surface area contributed by atoms with E-state index in [1.165, 1.54) is 6.20 Å². The number of hydrogen-bond donors (Lipinski definition) is 1. The second kappa shape index (κ2) is 3.92. The number of benzene rings is 1. The van der Waals surface area contributed by atoms with Crippen LogP contribution in [-0.2, 0) is 0 Å². The fraction of sp³-hybridized carbons (Fsp3) is 0. The Balaban J connectivity index is 2.58. The zero-order valence-electron chi connectivity index (χ0n) is 7.97. The Morgan fingerprint density at radius 1 is 1.20 bits per heavy atom. The highest BCUT2D eigenvalue weighted by atomic mass is 16.1. The number of pyridine rings is 1. The second-order valence-corrected chi connectivity index (χ2v) is 3.08. The first-order valence-corrected chi connectivity index (χ1v) is 4.51. The molecule has 0 saturated carbocycles. The van der Waals surface area contributed by atoms with Crippen LogP contribution in [0, 0.1) is 6.20 Å². The summed E-state index contributed by atoms with van der Waals surface area (Å²) in [7, 11) is 0. The molecular weight excluding hydrogens is 188 g/mol. The van der Waals surface area contributed by atoms with Crippen molar-refractivity contribution in [3.8, 4) is 11.1 Å². The highest BCUT2D eigenvalue weighted by molar-refractivity contribution is 5.99. The van der Waals surface area contributed by atoms with Gasteiger partial charge < -0.3 is 5.73 Å². The molecule has 0 aliphatic heterocycles. The molecule has 3 nitrogen and oxygen atoms in total. The van der Waals surface area contributed by atoms with Gasteiger partial charge in [0.05, 0.1) is 11.8 Å². The largest absolute Gasteiger partial charge is 0.366 e. The summed E-state index contributed by atoms with van der Waals surface area (Å²) in [6, 6.07) is 11.1. The molecule has 0 fully saturated rings. The fourth-order valence-corrected chi connectivity index (χ4v) is 1.39. The van der Waals surface area contributed by atoms with E-state index in [4.69, 9.17) is 5.73 Å². The summed E-state index contributed by atoms with van der Waals surface area (Å²) in [5.74, 6) is -0.465. The standard InChI is InChI=1S/C12H9N2O/c13-12(15)10-6-7-14-8-11(10)9-4-2-1-3-5-9/h1-7H,(H2,13,15). The minimum absolute atomic E-state index is 0.441. The molecule has 0 aliphatic rings. The smallest absolute Gasteiger partial charge is 0.249 e. The van der Waals surface area contributed by atoms with Gasteiger partial charge in [0.2, 0.25) is 5.91 Å². The number of nitrogens with zero attached hydrogens (tertiary/aromatic N) is 1. The van der Waals surface area contributed by atoms with Crippen molar-refractivity contribution in [1.29, 1.82) is 0 Å². The molecule has 0 bridgehead atoms. The van der Waals surface area contributed by atoms with Crippen molar-refractivity contribution in [1.82, 2.24) is 4.98 Å². The summed E-state index contributed by atoms with van der Waals surface area (Å²) in [6.45, 7) is 0. The normalized spacial score (nSPS) is 9.87. The van der Waals surface area contributed by atoms with Gasteiger partial charge in [0.1, 0.15) is 0 Å². The molecule has 0 spiro atoms. The van der Waals surface area contributed by atoms with E-state index in [-0.39, 0.29) is 0 Å². The van der Waals surface area contributed by atoms with Crippen molar-refractivity contribution in [3.05, 3.63) is 54.4 Å². The van der Waals surface area contributed by atoms with Gasteiger partial charge in [0, 0.05) is 11.8 Å². The maximum absolute atomic E-state index is 11.2. The van der Waals surface area contributed by atoms with Crippen LogP contribution in [0.1, 0.15) is 10.4 Å². The van der Waals surface area contributed by atoms with E-state index in [1.807, 2.05) is 30.3 Å². The summed E-state index contributed by atoms with van der Waals surface area (Å²) in [4.78, 5) is 15.0. The van der Waals surface area contributed by atoms with Crippen LogP contribution in [0.3, 0.4) is 0 Å². The molecular formula is C12H9N2O. The fourth-order valence-electron chi connectivity index (χ4n) is 1.39. The molecule has 2 aromatic rings. The average molecular weight is 197 g/mol. The third-order valence-corrected chi connectivity index (χ3v) is 2.09. The molecule has 0 saturated heterocycles. The van der Waals surface area contributed by atoms with Gasteiger partial charge in [-0.2, -0.15) is 0 Å². The summed E-state index contributed by atoms with van der Waals surface area (Å²) in [5.41, 5.74) is 7.24. The summed E-state index contributed by atoms with van der Waals surface area (Å²) in [6.07, 6.45) is 4.29. The van der Waals surface area contributed by atoms with Crippen molar-refractivity contribution in [2.24, 2.45) is 5.73 Å². The molecule has 0 aliphatic carbocycles. The molecule has 15 heavy (non-hydrogen) atoms. The number of nitrogens with two attached hydrogens (primary N) is 1. The quantitative estimate of drug-likeness (QED) is 0.795. The predicted octanol–water partition coefficient (Wildman–Crippen LogP) is 1.65. The first-order valence-electron chi connectivity index (χ1n) is 4.51. The number of aromatic nitrogens is 1. The summed E-state index contributed by atoms with van der Waals surface area (Å²) >= 11 is 0. The number of rotatable bonds is 2. The van der Waals surface area contributed by atoms with Crippen LogP contribution in [0.5, 0.6) is 0 Å². The van der Waals surface area contributed by atoms with Crippen LogP contribution >= 0.6 is 0 Å². The molecule has 3 heteroatoms. The summed E-state index contributed by atoms with van der Waals surface area (Å²) < 4.78 is 0. The van der Waals surface area contributed by atoms with E-state index in [1.54, 1.807) is 6.07 Å². The third kappa shape index (κ3) is 1.86. The van der Waals surface area contributed by atoms with Gasteiger partial charge in [-0.25, -0.2) is 0 Å². The Bertz CT molecular complexity index is 480. The molecule has 1 heterocycles. The van der Waals surface area contributed by atoms with Crippen molar-refractivity contribution < 1.29 is 4.79 Å². The van der Waals surface area contributed by atoms with E-state index in [0.29, 0.717) is 11.1 Å². The monoisotopic (exact) mass is 197 g/mol. The molecule has 1 amide bonds. The Morgan fingerprint density at radius 3 is 2.60 bits per heavy atom. The van der Waals surface area contributed by atoms with Crippen molar-refractivity contribution >= 4 is 5.91 Å². The number of carbonyl (C=O) groups excluding carboxylic acids is 1. The van der Waals surface area contributed by atoms with E-state index < -0.39 is 5.91 Å². The maximum atomic E-state index is 11.2. The van der Waals surface area contributed by atoms with Crippen LogP contribution < -0.4 is 5.73 Å². The SMILES string of the molecule is NC(=O)c1ccn[c]c1-c1ccccc1. The zero-order chi connectivity index (χ0) is 10.7. The van der Waals surface area contributed by atoms with Crippen molar-refractivity contribution in [2.75, 3.05) is 0 Å². The van der Waals surface area contributed by atoms with Crippen LogP contribution in [0.25, 0.3) is 11.1 Å². The van der Waals surface area contributed by atoms with Gasteiger partial charge in [-0.15, -0.1) is 0 Å². The van der Waals surface area contributed by atoms with Gasteiger partial charge in [-0.05, 0) is 11.6 Å². The average Bonchev–Trinajstić information content (AvgIpc) is 2.30. The molecule has 1 aromatic heterocycles. The van der Waals surface area contributed by atoms with Crippen LogP contribution in [0.15, 0.2) is 42.6 Å². The van der Waals surface area contributed by atoms with Gasteiger partial charge >= 0.3 is 0 Å². The molecule has 2 rings (SSSR count). The minimum atomic E-state index is -0.465. The second-order valence-electron chi connectivity index (χ2n) is 3.08. The minimum Gasteiger partial charge on any atom is -0.366 e. The lowest BCUT2D eigenvalue weighted by molar-refractivity contribution is 0.100. The van der Waals surface area contributed by atoms with Crippen LogP contribution in [0.4, 0.5) is 0 Å². The maximum Gasteiger partial charge on any atom is 0.249 e. The van der Waals surface area contributed by atoms with E-state index >= 15 is 0 Å². The number of carbonyl (C=O) groups is 1. The molecule has 0 unspecified atom stereocenters. The Morgan fingerprint density at radius 2 is 1.93 bits per heavy atom. The molecule has 73 valence electrons. The highest BCUT2D eigenvalue weighted by Crippen LogP contribution is 2.21. The molecule has 1 radical (unpaired) electrons. The van der Waals surface area contributed by atoms with Gasteiger partial charge in [0.15, 0.2) is 0 Å². The molecule has 0 atom stereocenters. The Labute approximate surface area is 87.6 Å². The number of amides is 1. The number of hydrogen-bond acceptors (Lipinski definition) is 2. The number of primary amides is 1. The van der Waals surface area contributed by atoms with Crippen LogP contribution in [0.2, 0.25) is 0 Å². The molecule has 2 N–H and O–H groups in total. The third-order valence-electron chi connectivity index (χ3n) is 2.09. The van der Waals surface area contributed by atoms with Gasteiger partial charge in [-0.3, -0.25) is 9.78 Å². The first-order chi connectivity index (χ1) is 7.29. The lowest BCUT2D eigenvalue weighted by Gasteiger charge is -2.04. The zero-order valence-corrected chi connectivity index (χ0v) is 7.97. The van der Waals surface area contributed by atoms with E-state index in [9.17, 15) is 4.79 Å². The topological polar surface area (TPSA) is 56.0 Å². The van der Waals surface area contributed by atoms with Crippen LogP contribution in [-0.4, -0.2) is 10.9 Å². The lowest BCUT2D eigenvalue weighted by Crippen LogP contribution is -2.12. The predicted molar refractivity (Wildman–Crippen MR) is 57.0 cm³/mol. The van der Waals surface area contributed by atoms with E-state index in [0.717, 1.165) is 5.56 Å². The summed E-state index contributed by atoms with van der Waals surface area (Å²) in [5, 5.41) is 0. The van der Waals surface area contributed by atoms with Gasteiger partial charge in [-0.1, -0.05) is 30.3 Å². The van der Waals surface area contributed by atoms with Crippen molar-refractivity contribution in [2.45, 2.75) is 0 Å². The first kappa shape index (κ1) is 9.40.